The molecule has 6 fully saturated rings. The number of fused-ring (bicyclic) bond motifs is 5. The van der Waals surface area contributed by atoms with Crippen LogP contribution >= 0.6 is 0 Å². The van der Waals surface area contributed by atoms with Crippen molar-refractivity contribution in [1.82, 2.24) is 0 Å². The summed E-state index contributed by atoms with van der Waals surface area (Å²) in [5, 5.41) is 45.5. The van der Waals surface area contributed by atoms with Gasteiger partial charge in [0.2, 0.25) is 0 Å². The maximum Gasteiger partial charge on any atom is 0.306 e. The van der Waals surface area contributed by atoms with Gasteiger partial charge in [0.05, 0.1) is 48.3 Å². The fraction of sp³-hybridized carbons (Fsp3) is 0.918. The quantitative estimate of drug-likeness (QED) is 0.142. The molecule has 7 rings (SSSR count). The van der Waals surface area contributed by atoms with Gasteiger partial charge in [-0.3, -0.25) is 9.59 Å². The van der Waals surface area contributed by atoms with E-state index in [0.717, 1.165) is 5.57 Å². The van der Waals surface area contributed by atoms with Crippen LogP contribution in [0.2, 0.25) is 0 Å². The van der Waals surface area contributed by atoms with Crippen LogP contribution in [0.25, 0.3) is 0 Å². The SMILES string of the molecule is CO[C@H]1[C@@H](O)[C@H](O[C@H]2[C@@H](OC)C[C@H](O[C@H]3[C@@H](OC)C[C@H](O[C@@H]4CC[C@@]5(C)C(=CC[C@H]6[C@@H]5[C@H](OC(C)=O)[C@@H](OC(=O)CC(C)C)[C@]5(C)[C@H]([C@@H](C)O)CC[C@@]65O)C4)O[C@@H]3C)O[C@@H]2C)O[C@H](C)[C@H]1O. The molecule has 3 aliphatic heterocycles. The number of hydrogen-bond donors (Lipinski definition) is 4. The average molecular weight is 941 g/mol. The molecule has 0 amide bonds. The molecule has 0 aromatic rings. The second-order valence-corrected chi connectivity index (χ2v) is 21.3. The van der Waals surface area contributed by atoms with Gasteiger partial charge in [-0.05, 0) is 89.4 Å². The number of aliphatic hydroxyl groups is 4. The summed E-state index contributed by atoms with van der Waals surface area (Å²) in [5.74, 6) is -1.90. The number of carbonyl (C=O) groups is 2. The van der Waals surface area contributed by atoms with Gasteiger partial charge in [0.25, 0.3) is 0 Å². The molecule has 23 atom stereocenters. The molecular formula is C49H80O17. The number of rotatable bonds is 14. The number of esters is 2. The summed E-state index contributed by atoms with van der Waals surface area (Å²) in [7, 11) is 4.64. The molecule has 0 aromatic heterocycles. The van der Waals surface area contributed by atoms with E-state index in [-0.39, 0.29) is 36.2 Å². The topological polar surface area (TPSA) is 217 Å². The molecule has 378 valence electrons. The van der Waals surface area contributed by atoms with Crippen LogP contribution in [0.5, 0.6) is 0 Å². The fourth-order valence-corrected chi connectivity index (χ4v) is 13.5. The zero-order valence-corrected chi connectivity index (χ0v) is 41.2. The molecule has 3 saturated heterocycles. The Bertz CT molecular complexity index is 1710. The maximum atomic E-state index is 13.6. The summed E-state index contributed by atoms with van der Waals surface area (Å²) >= 11 is 0. The molecule has 0 radical (unpaired) electrons. The number of methoxy groups -OCH3 is 3. The van der Waals surface area contributed by atoms with E-state index in [2.05, 4.69) is 13.0 Å². The molecule has 0 aromatic carbocycles. The van der Waals surface area contributed by atoms with Crippen molar-refractivity contribution in [2.45, 2.75) is 230 Å². The van der Waals surface area contributed by atoms with E-state index in [4.69, 9.17) is 52.1 Å². The summed E-state index contributed by atoms with van der Waals surface area (Å²) < 4.78 is 68.3. The van der Waals surface area contributed by atoms with Gasteiger partial charge in [-0.25, -0.2) is 0 Å². The Morgan fingerprint density at radius 3 is 1.98 bits per heavy atom. The van der Waals surface area contributed by atoms with E-state index in [1.807, 2.05) is 34.6 Å². The minimum absolute atomic E-state index is 0.0361. The first-order valence-electron chi connectivity index (χ1n) is 24.5. The van der Waals surface area contributed by atoms with E-state index in [1.165, 1.54) is 14.0 Å². The molecule has 66 heavy (non-hydrogen) atoms. The van der Waals surface area contributed by atoms with Crippen LogP contribution in [0, 0.1) is 34.5 Å². The van der Waals surface area contributed by atoms with Crippen LogP contribution in [-0.2, 0) is 61.7 Å². The zero-order valence-electron chi connectivity index (χ0n) is 41.2. The Labute approximate surface area is 390 Å². The van der Waals surface area contributed by atoms with Crippen LogP contribution < -0.4 is 0 Å². The monoisotopic (exact) mass is 941 g/mol. The van der Waals surface area contributed by atoms with Gasteiger partial charge in [-0.2, -0.15) is 0 Å². The molecule has 0 unspecified atom stereocenters. The standard InChI is InChI=1S/C49H80O17/c1-23(2)19-35(52)64-45-43(62-28(7)51)38-32(49(55)18-16-31(24(3)50)48(45,49)9)14-13-29-20-30(15-17-47(29,38)8)63-36-21-33(56-10)41(26(5)59-36)65-37-22-34(57-11)42(27(6)60-37)66-46-40(54)44(58-12)39(53)25(4)61-46/h13,23-27,30-34,36-46,50,53-55H,14-22H2,1-12H3/t24-,25-,26-,27-,30-,31+,32+,33+,34+,36+,37+,38-,39-,40-,41-,42-,43+,44-,45-,46+,47+,48+,49-/m1/s1. The number of allylic oxidation sites excluding steroid dienone is 1. The van der Waals surface area contributed by atoms with Crippen molar-refractivity contribution in [2.24, 2.45) is 34.5 Å². The molecule has 4 N–H and O–H groups in total. The van der Waals surface area contributed by atoms with Crippen LogP contribution in [-0.4, -0.2) is 164 Å². The van der Waals surface area contributed by atoms with Gasteiger partial charge in [-0.1, -0.05) is 39.3 Å². The van der Waals surface area contributed by atoms with Crippen molar-refractivity contribution in [3.63, 3.8) is 0 Å². The van der Waals surface area contributed by atoms with Gasteiger partial charge in [0, 0.05) is 58.8 Å². The first-order chi connectivity index (χ1) is 31.1. The zero-order chi connectivity index (χ0) is 48.2. The fourth-order valence-electron chi connectivity index (χ4n) is 13.5. The van der Waals surface area contributed by atoms with Crippen molar-refractivity contribution >= 4 is 11.9 Å². The van der Waals surface area contributed by atoms with Crippen LogP contribution in [0.3, 0.4) is 0 Å². The highest BCUT2D eigenvalue weighted by Crippen LogP contribution is 2.69. The molecule has 0 bridgehead atoms. The molecule has 7 aliphatic rings. The predicted molar refractivity (Wildman–Crippen MR) is 235 cm³/mol. The van der Waals surface area contributed by atoms with Gasteiger partial charge in [0.1, 0.15) is 42.7 Å². The summed E-state index contributed by atoms with van der Waals surface area (Å²) in [4.78, 5) is 26.6. The van der Waals surface area contributed by atoms with E-state index in [9.17, 15) is 30.0 Å². The highest BCUT2D eigenvalue weighted by Gasteiger charge is 2.75. The second-order valence-electron chi connectivity index (χ2n) is 21.3. The molecule has 17 nitrogen and oxygen atoms in total. The maximum absolute atomic E-state index is 13.6. The molecule has 4 aliphatic carbocycles. The molecular weight excluding hydrogens is 861 g/mol. The Kier molecular flexibility index (Phi) is 16.1. The van der Waals surface area contributed by atoms with Crippen molar-refractivity contribution in [1.29, 1.82) is 0 Å². The molecule has 17 heteroatoms. The van der Waals surface area contributed by atoms with Crippen molar-refractivity contribution < 1.29 is 82.1 Å². The number of hydrogen-bond acceptors (Lipinski definition) is 17. The number of ether oxygens (including phenoxy) is 11. The molecule has 0 spiro atoms. The smallest absolute Gasteiger partial charge is 0.306 e. The lowest BCUT2D eigenvalue weighted by atomic mass is 9.43. The van der Waals surface area contributed by atoms with Crippen molar-refractivity contribution in [3.05, 3.63) is 11.6 Å². The summed E-state index contributed by atoms with van der Waals surface area (Å²) in [5.41, 5.74) is -1.71. The van der Waals surface area contributed by atoms with Crippen LogP contribution in [0.15, 0.2) is 11.6 Å². The van der Waals surface area contributed by atoms with Gasteiger partial charge in [-0.15, -0.1) is 0 Å². The van der Waals surface area contributed by atoms with E-state index >= 15 is 0 Å². The lowest BCUT2D eigenvalue weighted by Gasteiger charge is -2.65. The van der Waals surface area contributed by atoms with E-state index in [0.29, 0.717) is 51.4 Å². The van der Waals surface area contributed by atoms with Gasteiger partial charge >= 0.3 is 11.9 Å². The first-order valence-corrected chi connectivity index (χ1v) is 24.5. The lowest BCUT2D eigenvalue weighted by molar-refractivity contribution is -0.352. The van der Waals surface area contributed by atoms with Crippen LogP contribution in [0.1, 0.15) is 120 Å². The molecule has 3 heterocycles. The van der Waals surface area contributed by atoms with Crippen molar-refractivity contribution in [2.75, 3.05) is 21.3 Å². The third-order valence-electron chi connectivity index (χ3n) is 16.9. The third-order valence-corrected chi connectivity index (χ3v) is 16.9. The Hall–Kier alpha value is -1.84. The Balaban J connectivity index is 1.02. The van der Waals surface area contributed by atoms with Gasteiger partial charge < -0.3 is 72.5 Å². The minimum atomic E-state index is -1.29. The normalized spacial score (nSPS) is 48.7. The second kappa shape index (κ2) is 20.5. The Morgan fingerprint density at radius 1 is 0.788 bits per heavy atom. The summed E-state index contributed by atoms with van der Waals surface area (Å²) in [6.07, 6.45) is -5.25. The molecule has 3 saturated carbocycles. The van der Waals surface area contributed by atoms with Crippen LogP contribution in [0.4, 0.5) is 0 Å². The number of aliphatic hydroxyl groups excluding tert-OH is 3. The predicted octanol–water partition coefficient (Wildman–Crippen LogP) is 4.11. The third kappa shape index (κ3) is 9.53. The lowest BCUT2D eigenvalue weighted by Crippen LogP contribution is -2.72. The van der Waals surface area contributed by atoms with Gasteiger partial charge in [0.15, 0.2) is 18.9 Å². The van der Waals surface area contributed by atoms with E-state index < -0.39 is 127 Å². The van der Waals surface area contributed by atoms with E-state index in [1.54, 1.807) is 28.1 Å². The largest absolute Gasteiger partial charge is 0.458 e. The Morgan fingerprint density at radius 2 is 1.41 bits per heavy atom. The summed E-state index contributed by atoms with van der Waals surface area (Å²) in [6, 6.07) is 0. The van der Waals surface area contributed by atoms with Crippen molar-refractivity contribution in [3.8, 4) is 0 Å². The summed E-state index contributed by atoms with van der Waals surface area (Å²) in [6.45, 7) is 16.6. The average Bonchev–Trinajstić information content (AvgIpc) is 3.53. The highest BCUT2D eigenvalue weighted by molar-refractivity contribution is 5.70. The highest BCUT2D eigenvalue weighted by atomic mass is 16.8. The minimum Gasteiger partial charge on any atom is -0.458 e. The number of carbonyl (C=O) groups excluding carboxylic acids is 2. The first kappa shape index (κ1) is 52.0.